The first-order valence-electron chi connectivity index (χ1n) is 7.79. The molecule has 0 unspecified atom stereocenters. The molecule has 0 aliphatic rings. The van der Waals surface area contributed by atoms with E-state index in [0.717, 1.165) is 6.07 Å². The Kier molecular flexibility index (Phi) is 5.88. The minimum Gasteiger partial charge on any atom is -0.497 e. The van der Waals surface area contributed by atoms with Gasteiger partial charge in [-0.05, 0) is 24.6 Å². The zero-order valence-corrected chi connectivity index (χ0v) is 15.5. The molecule has 146 valence electrons. The Labute approximate surface area is 154 Å². The summed E-state index contributed by atoms with van der Waals surface area (Å²) in [6, 6.07) is 5.13. The maximum absolute atomic E-state index is 13.7. The van der Waals surface area contributed by atoms with Gasteiger partial charge in [-0.25, -0.2) is 0 Å². The van der Waals surface area contributed by atoms with Crippen LogP contribution in [-0.4, -0.2) is 34.2 Å². The first-order valence-corrected chi connectivity index (χ1v) is 7.79. The SMILES string of the molecule is COc1cc(OC)c(C(=O)c2c(C)ccc(OC)c2OC)c(C(F)(F)F)c1. The lowest BCUT2D eigenvalue weighted by molar-refractivity contribution is -0.138. The van der Waals surface area contributed by atoms with E-state index in [-0.39, 0.29) is 28.6 Å². The first kappa shape index (κ1) is 20.4. The number of hydrogen-bond acceptors (Lipinski definition) is 5. The molecule has 0 N–H and O–H groups in total. The van der Waals surface area contributed by atoms with Crippen LogP contribution in [0.4, 0.5) is 13.2 Å². The van der Waals surface area contributed by atoms with E-state index in [1.54, 1.807) is 19.1 Å². The normalized spacial score (nSPS) is 11.1. The molecule has 8 heteroatoms. The minimum absolute atomic E-state index is 0.0363. The van der Waals surface area contributed by atoms with Crippen LogP contribution in [0.5, 0.6) is 23.0 Å². The van der Waals surface area contributed by atoms with E-state index >= 15 is 0 Å². The highest BCUT2D eigenvalue weighted by Gasteiger charge is 2.39. The molecule has 0 saturated carbocycles. The molecule has 0 radical (unpaired) electrons. The molecule has 0 spiro atoms. The molecule has 0 aliphatic carbocycles. The summed E-state index contributed by atoms with van der Waals surface area (Å²) >= 11 is 0. The number of aryl methyl sites for hydroxylation is 1. The molecule has 0 saturated heterocycles. The fraction of sp³-hybridized carbons (Fsp3) is 0.316. The predicted molar refractivity (Wildman–Crippen MR) is 92.3 cm³/mol. The number of ketones is 1. The summed E-state index contributed by atoms with van der Waals surface area (Å²) in [6.07, 6.45) is -4.80. The Morgan fingerprint density at radius 3 is 1.96 bits per heavy atom. The van der Waals surface area contributed by atoms with E-state index in [9.17, 15) is 18.0 Å². The Bertz CT molecular complexity index is 859. The van der Waals surface area contributed by atoms with Crippen molar-refractivity contribution < 1.29 is 36.9 Å². The van der Waals surface area contributed by atoms with Crippen molar-refractivity contribution in [2.45, 2.75) is 13.1 Å². The Balaban J connectivity index is 2.85. The van der Waals surface area contributed by atoms with Crippen LogP contribution in [-0.2, 0) is 6.18 Å². The average Bonchev–Trinajstić information content (AvgIpc) is 2.65. The van der Waals surface area contributed by atoms with Crippen molar-refractivity contribution in [2.75, 3.05) is 28.4 Å². The lowest BCUT2D eigenvalue weighted by Crippen LogP contribution is -2.17. The second-order valence-corrected chi connectivity index (χ2v) is 5.57. The van der Waals surface area contributed by atoms with Gasteiger partial charge < -0.3 is 18.9 Å². The van der Waals surface area contributed by atoms with Crippen LogP contribution in [0.1, 0.15) is 27.0 Å². The summed E-state index contributed by atoms with van der Waals surface area (Å²) in [4.78, 5) is 13.2. The van der Waals surface area contributed by atoms with Crippen LogP contribution in [0, 0.1) is 6.92 Å². The van der Waals surface area contributed by atoms with Gasteiger partial charge in [0.1, 0.15) is 11.5 Å². The summed E-state index contributed by atoms with van der Waals surface area (Å²) in [5.41, 5.74) is -1.39. The van der Waals surface area contributed by atoms with Gasteiger partial charge in [0.15, 0.2) is 11.5 Å². The number of methoxy groups -OCH3 is 4. The molecule has 2 rings (SSSR count). The lowest BCUT2D eigenvalue weighted by Gasteiger charge is -2.19. The molecular weight excluding hydrogens is 365 g/mol. The highest BCUT2D eigenvalue weighted by molar-refractivity contribution is 6.14. The standard InChI is InChI=1S/C19H19F3O5/c1-10-6-7-13(25-3)18(27-5)15(10)17(23)16-12(19(20,21)22)8-11(24-2)9-14(16)26-4/h6-9H,1-5H3. The second kappa shape index (κ2) is 7.77. The van der Waals surface area contributed by atoms with Gasteiger partial charge >= 0.3 is 6.18 Å². The van der Waals surface area contributed by atoms with Gasteiger partial charge in [0.05, 0.1) is 45.1 Å². The lowest BCUT2D eigenvalue weighted by atomic mass is 9.93. The Morgan fingerprint density at radius 2 is 1.48 bits per heavy atom. The van der Waals surface area contributed by atoms with E-state index in [0.29, 0.717) is 5.56 Å². The Morgan fingerprint density at radius 1 is 0.852 bits per heavy atom. The molecule has 0 atom stereocenters. The van der Waals surface area contributed by atoms with E-state index < -0.39 is 23.1 Å². The number of halogens is 3. The summed E-state index contributed by atoms with van der Waals surface area (Å²) in [5, 5.41) is 0. The summed E-state index contributed by atoms with van der Waals surface area (Å²) in [6.45, 7) is 1.60. The quantitative estimate of drug-likeness (QED) is 0.696. The summed E-state index contributed by atoms with van der Waals surface area (Å²) in [5.74, 6) is -0.947. The van der Waals surface area contributed by atoms with E-state index in [2.05, 4.69) is 0 Å². The number of rotatable bonds is 6. The Hall–Kier alpha value is -2.90. The van der Waals surface area contributed by atoms with E-state index in [4.69, 9.17) is 18.9 Å². The van der Waals surface area contributed by atoms with Crippen LogP contribution in [0.2, 0.25) is 0 Å². The van der Waals surface area contributed by atoms with Gasteiger partial charge in [-0.1, -0.05) is 6.07 Å². The van der Waals surface area contributed by atoms with Crippen LogP contribution >= 0.6 is 0 Å². The third-order valence-electron chi connectivity index (χ3n) is 4.04. The molecule has 0 heterocycles. The van der Waals surface area contributed by atoms with Gasteiger partial charge in [0, 0.05) is 6.07 Å². The van der Waals surface area contributed by atoms with Gasteiger partial charge in [-0.2, -0.15) is 13.2 Å². The summed E-state index contributed by atoms with van der Waals surface area (Å²) in [7, 11) is 5.09. The van der Waals surface area contributed by atoms with Gasteiger partial charge in [0.2, 0.25) is 5.78 Å². The first-order chi connectivity index (χ1) is 12.7. The van der Waals surface area contributed by atoms with Crippen LogP contribution in [0.25, 0.3) is 0 Å². The van der Waals surface area contributed by atoms with Crippen molar-refractivity contribution in [1.82, 2.24) is 0 Å². The van der Waals surface area contributed by atoms with Crippen molar-refractivity contribution in [1.29, 1.82) is 0 Å². The molecule has 2 aromatic carbocycles. The van der Waals surface area contributed by atoms with Crippen molar-refractivity contribution in [3.63, 3.8) is 0 Å². The highest BCUT2D eigenvalue weighted by atomic mass is 19.4. The average molecular weight is 384 g/mol. The molecule has 0 aromatic heterocycles. The number of alkyl halides is 3. The zero-order valence-electron chi connectivity index (χ0n) is 15.5. The largest absolute Gasteiger partial charge is 0.497 e. The van der Waals surface area contributed by atoms with E-state index in [1.807, 2.05) is 0 Å². The van der Waals surface area contributed by atoms with Crippen LogP contribution < -0.4 is 18.9 Å². The molecule has 0 bridgehead atoms. The predicted octanol–water partition coefficient (Wildman–Crippen LogP) is 4.28. The molecule has 0 fully saturated rings. The van der Waals surface area contributed by atoms with Gasteiger partial charge in [0.25, 0.3) is 0 Å². The number of carbonyl (C=O) groups excluding carboxylic acids is 1. The molecule has 0 aliphatic heterocycles. The highest BCUT2D eigenvalue weighted by Crippen LogP contribution is 2.43. The number of carbonyl (C=O) groups is 1. The molecule has 27 heavy (non-hydrogen) atoms. The smallest absolute Gasteiger partial charge is 0.417 e. The van der Waals surface area contributed by atoms with Gasteiger partial charge in [-0.15, -0.1) is 0 Å². The number of benzene rings is 2. The maximum Gasteiger partial charge on any atom is 0.417 e. The van der Waals surface area contributed by atoms with Crippen LogP contribution in [0.15, 0.2) is 24.3 Å². The van der Waals surface area contributed by atoms with E-state index in [1.165, 1.54) is 34.5 Å². The van der Waals surface area contributed by atoms with Crippen molar-refractivity contribution >= 4 is 5.78 Å². The molecule has 2 aromatic rings. The topological polar surface area (TPSA) is 54.0 Å². The number of hydrogen-bond donors (Lipinski definition) is 0. The molecular formula is C19H19F3O5. The fourth-order valence-electron chi connectivity index (χ4n) is 2.76. The second-order valence-electron chi connectivity index (χ2n) is 5.57. The molecule has 5 nitrogen and oxygen atoms in total. The van der Waals surface area contributed by atoms with Gasteiger partial charge in [-0.3, -0.25) is 4.79 Å². The van der Waals surface area contributed by atoms with Crippen LogP contribution in [0.3, 0.4) is 0 Å². The third kappa shape index (κ3) is 3.79. The van der Waals surface area contributed by atoms with Crippen molar-refractivity contribution in [3.05, 3.63) is 46.5 Å². The fourth-order valence-corrected chi connectivity index (χ4v) is 2.76. The molecule has 0 amide bonds. The monoisotopic (exact) mass is 384 g/mol. The van der Waals surface area contributed by atoms with Crippen molar-refractivity contribution in [3.8, 4) is 23.0 Å². The maximum atomic E-state index is 13.7. The van der Waals surface area contributed by atoms with Crippen molar-refractivity contribution in [2.24, 2.45) is 0 Å². The third-order valence-corrected chi connectivity index (χ3v) is 4.04. The minimum atomic E-state index is -4.80. The number of ether oxygens (including phenoxy) is 4. The summed E-state index contributed by atoms with van der Waals surface area (Å²) < 4.78 is 61.4. The zero-order chi connectivity index (χ0) is 20.4.